The fraction of sp³-hybridized carbons (Fsp3) is 1.00. The normalized spacial score (nSPS) is 41.9. The first-order chi connectivity index (χ1) is 11.1. The predicted molar refractivity (Wildman–Crippen MR) is 84.8 cm³/mol. The monoisotopic (exact) mass is 336 g/mol. The lowest BCUT2D eigenvalue weighted by Crippen LogP contribution is -2.47. The third-order valence-corrected chi connectivity index (χ3v) is 5.42. The zero-order valence-corrected chi connectivity index (χ0v) is 14.4. The van der Waals surface area contributed by atoms with Gasteiger partial charge in [-0.15, -0.1) is 0 Å². The molecule has 0 heterocycles. The molecule has 2 saturated carbocycles. The second-order valence-corrected chi connectivity index (χ2v) is 6.98. The molecule has 0 radical (unpaired) electrons. The van der Waals surface area contributed by atoms with Crippen molar-refractivity contribution in [2.24, 2.45) is 11.8 Å². The van der Waals surface area contributed by atoms with E-state index in [1.54, 1.807) is 0 Å². The van der Waals surface area contributed by atoms with Crippen molar-refractivity contribution in [2.45, 2.75) is 89.5 Å². The van der Waals surface area contributed by atoms with Crippen LogP contribution in [0.3, 0.4) is 0 Å². The maximum Gasteiger partial charge on any atom is 0.157 e. The third kappa shape index (κ3) is 4.85. The van der Waals surface area contributed by atoms with E-state index in [4.69, 9.17) is 9.47 Å². The zero-order chi connectivity index (χ0) is 16.8. The number of unbranched alkanes of at least 4 members (excludes halogenated alkanes) is 1. The molecule has 7 unspecified atom stereocenters. The minimum atomic E-state index is -1.58. The first-order valence-electron chi connectivity index (χ1n) is 9.23. The molecule has 0 spiro atoms. The number of rotatable bonds is 7. The van der Waals surface area contributed by atoms with Crippen LogP contribution in [-0.4, -0.2) is 43.9 Å². The molecule has 2 fully saturated rings. The molecular formula is C18H31F3O2. The van der Waals surface area contributed by atoms with Crippen molar-refractivity contribution in [1.29, 1.82) is 0 Å². The van der Waals surface area contributed by atoms with E-state index in [1.165, 1.54) is 0 Å². The summed E-state index contributed by atoms with van der Waals surface area (Å²) in [6, 6.07) is 0. The molecule has 7 atom stereocenters. The van der Waals surface area contributed by atoms with Crippen molar-refractivity contribution in [3.8, 4) is 0 Å². The maximum atomic E-state index is 14.5. The topological polar surface area (TPSA) is 18.5 Å². The van der Waals surface area contributed by atoms with Crippen LogP contribution in [0.15, 0.2) is 0 Å². The summed E-state index contributed by atoms with van der Waals surface area (Å²) in [7, 11) is 0. The molecule has 0 aromatic rings. The minimum absolute atomic E-state index is 0.0773. The van der Waals surface area contributed by atoms with Crippen LogP contribution in [0.2, 0.25) is 0 Å². The SMILES string of the molecule is CCCCOC1CCC(C2CCC(OCC)C(F)C2)C(F)C1F. The van der Waals surface area contributed by atoms with Crippen LogP contribution in [0.1, 0.15) is 58.8 Å². The summed E-state index contributed by atoms with van der Waals surface area (Å²) in [5.74, 6) is -0.455. The van der Waals surface area contributed by atoms with E-state index in [0.717, 1.165) is 19.3 Å². The van der Waals surface area contributed by atoms with Gasteiger partial charge in [0, 0.05) is 13.2 Å². The number of halogens is 3. The standard InChI is InChI=1S/C18H31F3O2/c1-3-5-10-23-16-9-7-13(17(20)18(16)21)12-6-8-15(22-4-2)14(19)11-12/h12-18H,3-11H2,1-2H3. The van der Waals surface area contributed by atoms with Crippen LogP contribution >= 0.6 is 0 Å². The van der Waals surface area contributed by atoms with E-state index < -0.39 is 24.6 Å². The van der Waals surface area contributed by atoms with E-state index in [0.29, 0.717) is 38.9 Å². The van der Waals surface area contributed by atoms with Gasteiger partial charge >= 0.3 is 0 Å². The minimum Gasteiger partial charge on any atom is -0.375 e. The van der Waals surface area contributed by atoms with Gasteiger partial charge in [0.25, 0.3) is 0 Å². The molecule has 0 amide bonds. The van der Waals surface area contributed by atoms with Crippen molar-refractivity contribution in [1.82, 2.24) is 0 Å². The van der Waals surface area contributed by atoms with Gasteiger partial charge in [0.05, 0.1) is 12.2 Å². The van der Waals surface area contributed by atoms with Crippen molar-refractivity contribution in [3.05, 3.63) is 0 Å². The lowest BCUT2D eigenvalue weighted by molar-refractivity contribution is -0.0988. The van der Waals surface area contributed by atoms with Gasteiger partial charge in [-0.3, -0.25) is 0 Å². The molecular weight excluding hydrogens is 305 g/mol. The van der Waals surface area contributed by atoms with Gasteiger partial charge in [0.15, 0.2) is 6.17 Å². The van der Waals surface area contributed by atoms with Gasteiger partial charge in [-0.1, -0.05) is 13.3 Å². The molecule has 2 nitrogen and oxygen atoms in total. The number of hydrogen-bond donors (Lipinski definition) is 0. The van der Waals surface area contributed by atoms with E-state index in [2.05, 4.69) is 0 Å². The molecule has 0 saturated heterocycles. The highest BCUT2D eigenvalue weighted by molar-refractivity contribution is 4.94. The highest BCUT2D eigenvalue weighted by Gasteiger charge is 2.46. The summed E-state index contributed by atoms with van der Waals surface area (Å²) >= 11 is 0. The van der Waals surface area contributed by atoms with Gasteiger partial charge in [-0.05, 0) is 57.3 Å². The van der Waals surface area contributed by atoms with Crippen LogP contribution in [0.25, 0.3) is 0 Å². The van der Waals surface area contributed by atoms with Gasteiger partial charge < -0.3 is 9.47 Å². The molecule has 2 rings (SSSR count). The van der Waals surface area contributed by atoms with Gasteiger partial charge in [-0.2, -0.15) is 0 Å². The zero-order valence-electron chi connectivity index (χ0n) is 14.4. The smallest absolute Gasteiger partial charge is 0.157 e. The lowest BCUT2D eigenvalue weighted by atomic mass is 9.70. The van der Waals surface area contributed by atoms with E-state index >= 15 is 0 Å². The van der Waals surface area contributed by atoms with E-state index in [9.17, 15) is 13.2 Å². The Morgan fingerprint density at radius 1 is 0.870 bits per heavy atom. The molecule has 0 aliphatic heterocycles. The first kappa shape index (κ1) is 19.0. The lowest BCUT2D eigenvalue weighted by Gasteiger charge is -2.42. The second-order valence-electron chi connectivity index (χ2n) is 6.98. The Hall–Kier alpha value is -0.290. The summed E-state index contributed by atoms with van der Waals surface area (Å²) in [4.78, 5) is 0. The average molecular weight is 336 g/mol. The molecule has 2 aliphatic carbocycles. The predicted octanol–water partition coefficient (Wildman–Crippen LogP) is 4.80. The highest BCUT2D eigenvalue weighted by atomic mass is 19.2. The van der Waals surface area contributed by atoms with Crippen LogP contribution in [0.4, 0.5) is 13.2 Å². The van der Waals surface area contributed by atoms with Crippen LogP contribution in [0.5, 0.6) is 0 Å². The highest BCUT2D eigenvalue weighted by Crippen LogP contribution is 2.42. The number of hydrogen-bond acceptors (Lipinski definition) is 2. The fourth-order valence-electron chi connectivity index (χ4n) is 4.08. The van der Waals surface area contributed by atoms with Crippen molar-refractivity contribution in [2.75, 3.05) is 13.2 Å². The Labute approximate surface area is 138 Å². The Bertz CT molecular complexity index is 342. The summed E-state index contributed by atoms with van der Waals surface area (Å²) < 4.78 is 54.0. The van der Waals surface area contributed by atoms with Gasteiger partial charge in [0.1, 0.15) is 12.3 Å². The first-order valence-corrected chi connectivity index (χ1v) is 9.23. The van der Waals surface area contributed by atoms with Crippen LogP contribution in [-0.2, 0) is 9.47 Å². The molecule has 0 N–H and O–H groups in total. The average Bonchev–Trinajstić information content (AvgIpc) is 2.54. The summed E-state index contributed by atoms with van der Waals surface area (Å²) in [6.07, 6.45) is -0.557. The summed E-state index contributed by atoms with van der Waals surface area (Å²) in [6.45, 7) is 4.88. The fourth-order valence-corrected chi connectivity index (χ4v) is 4.08. The van der Waals surface area contributed by atoms with Gasteiger partial charge in [-0.25, -0.2) is 13.2 Å². The Morgan fingerprint density at radius 3 is 2.26 bits per heavy atom. The van der Waals surface area contributed by atoms with Crippen LogP contribution in [0, 0.1) is 11.8 Å². The van der Waals surface area contributed by atoms with Crippen molar-refractivity contribution >= 4 is 0 Å². The van der Waals surface area contributed by atoms with Crippen molar-refractivity contribution in [3.63, 3.8) is 0 Å². The molecule has 0 aromatic heterocycles. The molecule has 136 valence electrons. The quantitative estimate of drug-likeness (QED) is 0.622. The van der Waals surface area contributed by atoms with Crippen LogP contribution < -0.4 is 0 Å². The van der Waals surface area contributed by atoms with E-state index in [-0.39, 0.29) is 17.9 Å². The summed E-state index contributed by atoms with van der Waals surface area (Å²) in [5.41, 5.74) is 0. The maximum absolute atomic E-state index is 14.5. The number of alkyl halides is 3. The molecule has 0 bridgehead atoms. The molecule has 23 heavy (non-hydrogen) atoms. The Morgan fingerprint density at radius 2 is 1.61 bits per heavy atom. The van der Waals surface area contributed by atoms with Gasteiger partial charge in [0.2, 0.25) is 0 Å². The third-order valence-electron chi connectivity index (χ3n) is 5.42. The summed E-state index contributed by atoms with van der Waals surface area (Å²) in [5, 5.41) is 0. The molecule has 2 aliphatic rings. The Kier molecular flexibility index (Phi) is 7.67. The molecule has 5 heteroatoms. The largest absolute Gasteiger partial charge is 0.375 e. The molecule has 0 aromatic carbocycles. The number of ether oxygens (including phenoxy) is 2. The van der Waals surface area contributed by atoms with Crippen molar-refractivity contribution < 1.29 is 22.6 Å². The second kappa shape index (κ2) is 9.26. The Balaban J connectivity index is 1.85. The van der Waals surface area contributed by atoms with E-state index in [1.807, 2.05) is 13.8 Å².